The normalized spacial score (nSPS) is 10.7. The van der Waals surface area contributed by atoms with Gasteiger partial charge in [-0.25, -0.2) is 0 Å². The third kappa shape index (κ3) is 3.32. The minimum absolute atomic E-state index is 0.519. The maximum absolute atomic E-state index is 5.55. The standard InChI is InChI=1S/C18H23NO/c1-13(2)15-8-9-16(18(12-15)20-4)10-14-6-5-7-17(11-14)19-3/h5-9,11-13,19H,10H2,1-4H3. The van der Waals surface area contributed by atoms with Crippen molar-refractivity contribution in [3.05, 3.63) is 59.2 Å². The van der Waals surface area contributed by atoms with Crippen molar-refractivity contribution in [2.75, 3.05) is 19.5 Å². The van der Waals surface area contributed by atoms with Gasteiger partial charge in [-0.15, -0.1) is 0 Å². The van der Waals surface area contributed by atoms with Gasteiger partial charge in [-0.1, -0.05) is 38.1 Å². The largest absolute Gasteiger partial charge is 0.496 e. The van der Waals surface area contributed by atoms with E-state index in [0.717, 1.165) is 17.9 Å². The lowest BCUT2D eigenvalue weighted by atomic mass is 9.97. The van der Waals surface area contributed by atoms with Crippen molar-refractivity contribution >= 4 is 5.69 Å². The van der Waals surface area contributed by atoms with Crippen molar-refractivity contribution in [2.45, 2.75) is 26.2 Å². The van der Waals surface area contributed by atoms with Gasteiger partial charge in [0, 0.05) is 19.2 Å². The van der Waals surface area contributed by atoms with Crippen molar-refractivity contribution in [3.63, 3.8) is 0 Å². The van der Waals surface area contributed by atoms with Crippen LogP contribution in [0.1, 0.15) is 36.5 Å². The summed E-state index contributed by atoms with van der Waals surface area (Å²) in [5, 5.41) is 3.17. The highest BCUT2D eigenvalue weighted by Gasteiger charge is 2.08. The topological polar surface area (TPSA) is 21.3 Å². The van der Waals surface area contributed by atoms with E-state index in [1.165, 1.54) is 16.7 Å². The zero-order valence-corrected chi connectivity index (χ0v) is 12.7. The second kappa shape index (κ2) is 6.47. The quantitative estimate of drug-likeness (QED) is 0.865. The summed E-state index contributed by atoms with van der Waals surface area (Å²) in [6, 6.07) is 15.0. The Morgan fingerprint density at radius 1 is 1.10 bits per heavy atom. The molecule has 0 aliphatic carbocycles. The molecule has 0 saturated heterocycles. The van der Waals surface area contributed by atoms with E-state index in [1.807, 2.05) is 7.05 Å². The van der Waals surface area contributed by atoms with Crippen LogP contribution in [0.15, 0.2) is 42.5 Å². The molecule has 2 aromatic rings. The average molecular weight is 269 g/mol. The fraction of sp³-hybridized carbons (Fsp3) is 0.333. The fourth-order valence-corrected chi connectivity index (χ4v) is 2.32. The van der Waals surface area contributed by atoms with Gasteiger partial charge >= 0.3 is 0 Å². The van der Waals surface area contributed by atoms with Crippen LogP contribution in [-0.2, 0) is 6.42 Å². The molecule has 2 aromatic carbocycles. The summed E-state index contributed by atoms with van der Waals surface area (Å²) >= 11 is 0. The molecule has 0 saturated carbocycles. The average Bonchev–Trinajstić information content (AvgIpc) is 2.47. The van der Waals surface area contributed by atoms with Gasteiger partial charge in [0.05, 0.1) is 7.11 Å². The molecule has 2 heteroatoms. The van der Waals surface area contributed by atoms with E-state index in [1.54, 1.807) is 7.11 Å². The number of rotatable bonds is 5. The molecule has 0 atom stereocenters. The summed E-state index contributed by atoms with van der Waals surface area (Å²) in [4.78, 5) is 0. The molecule has 2 rings (SSSR count). The second-order valence-electron chi connectivity index (χ2n) is 5.35. The Morgan fingerprint density at radius 3 is 2.55 bits per heavy atom. The summed E-state index contributed by atoms with van der Waals surface area (Å²) in [5.74, 6) is 1.50. The number of methoxy groups -OCH3 is 1. The third-order valence-corrected chi connectivity index (χ3v) is 3.59. The predicted octanol–water partition coefficient (Wildman–Crippen LogP) is 4.45. The Bertz CT molecular complexity index is 575. The maximum atomic E-state index is 5.55. The zero-order valence-electron chi connectivity index (χ0n) is 12.7. The van der Waals surface area contributed by atoms with Crippen molar-refractivity contribution in [2.24, 2.45) is 0 Å². The molecule has 0 heterocycles. The van der Waals surface area contributed by atoms with Crippen molar-refractivity contribution in [1.82, 2.24) is 0 Å². The second-order valence-corrected chi connectivity index (χ2v) is 5.35. The number of nitrogens with one attached hydrogen (secondary N) is 1. The zero-order chi connectivity index (χ0) is 14.5. The number of anilines is 1. The molecule has 0 bridgehead atoms. The Balaban J connectivity index is 2.28. The van der Waals surface area contributed by atoms with E-state index in [9.17, 15) is 0 Å². The third-order valence-electron chi connectivity index (χ3n) is 3.59. The first-order chi connectivity index (χ1) is 9.63. The molecule has 0 radical (unpaired) electrons. The first kappa shape index (κ1) is 14.4. The van der Waals surface area contributed by atoms with Gasteiger partial charge < -0.3 is 10.1 Å². The first-order valence-electron chi connectivity index (χ1n) is 7.07. The summed E-state index contributed by atoms with van der Waals surface area (Å²) in [5.41, 5.74) is 4.97. The number of hydrogen-bond donors (Lipinski definition) is 1. The number of hydrogen-bond acceptors (Lipinski definition) is 2. The molecule has 0 aliphatic rings. The van der Waals surface area contributed by atoms with E-state index >= 15 is 0 Å². The van der Waals surface area contributed by atoms with Gasteiger partial charge in [0.2, 0.25) is 0 Å². The predicted molar refractivity (Wildman–Crippen MR) is 85.9 cm³/mol. The highest BCUT2D eigenvalue weighted by atomic mass is 16.5. The van der Waals surface area contributed by atoms with Gasteiger partial charge in [0.25, 0.3) is 0 Å². The summed E-state index contributed by atoms with van der Waals surface area (Å²) < 4.78 is 5.55. The number of ether oxygens (including phenoxy) is 1. The van der Waals surface area contributed by atoms with Crippen LogP contribution in [0.3, 0.4) is 0 Å². The van der Waals surface area contributed by atoms with E-state index in [-0.39, 0.29) is 0 Å². The lowest BCUT2D eigenvalue weighted by molar-refractivity contribution is 0.409. The molecule has 2 nitrogen and oxygen atoms in total. The lowest BCUT2D eigenvalue weighted by Gasteiger charge is -2.13. The fourth-order valence-electron chi connectivity index (χ4n) is 2.32. The first-order valence-corrected chi connectivity index (χ1v) is 7.07. The Hall–Kier alpha value is -1.96. The molecular formula is C18H23NO. The molecule has 0 aliphatic heterocycles. The van der Waals surface area contributed by atoms with Crippen LogP contribution in [0.2, 0.25) is 0 Å². The Labute approximate surface area is 121 Å². The molecule has 0 spiro atoms. The van der Waals surface area contributed by atoms with Crippen molar-refractivity contribution in [1.29, 1.82) is 0 Å². The molecule has 1 N–H and O–H groups in total. The maximum Gasteiger partial charge on any atom is 0.122 e. The molecular weight excluding hydrogens is 246 g/mol. The molecule has 0 aromatic heterocycles. The van der Waals surface area contributed by atoms with Gasteiger partial charge in [0.15, 0.2) is 0 Å². The van der Waals surface area contributed by atoms with Gasteiger partial charge in [-0.2, -0.15) is 0 Å². The van der Waals surface area contributed by atoms with Crippen LogP contribution in [0.4, 0.5) is 5.69 Å². The minimum atomic E-state index is 0.519. The molecule has 0 amide bonds. The van der Waals surface area contributed by atoms with Crippen LogP contribution in [0, 0.1) is 0 Å². The lowest BCUT2D eigenvalue weighted by Crippen LogP contribution is -1.97. The van der Waals surface area contributed by atoms with Crippen molar-refractivity contribution < 1.29 is 4.74 Å². The molecule has 0 unspecified atom stereocenters. The van der Waals surface area contributed by atoms with Crippen LogP contribution in [0.5, 0.6) is 5.75 Å². The van der Waals surface area contributed by atoms with Gasteiger partial charge in [-0.05, 0) is 40.8 Å². The highest BCUT2D eigenvalue weighted by molar-refractivity contribution is 5.48. The summed E-state index contributed by atoms with van der Waals surface area (Å²) in [6.07, 6.45) is 0.886. The smallest absolute Gasteiger partial charge is 0.122 e. The van der Waals surface area contributed by atoms with E-state index in [4.69, 9.17) is 4.74 Å². The van der Waals surface area contributed by atoms with E-state index in [0.29, 0.717) is 5.92 Å². The SMILES string of the molecule is CNc1cccc(Cc2ccc(C(C)C)cc2OC)c1. The summed E-state index contributed by atoms with van der Waals surface area (Å²) in [7, 11) is 3.68. The Morgan fingerprint density at radius 2 is 1.90 bits per heavy atom. The molecule has 20 heavy (non-hydrogen) atoms. The van der Waals surface area contributed by atoms with Crippen LogP contribution >= 0.6 is 0 Å². The van der Waals surface area contributed by atoms with E-state index in [2.05, 4.69) is 61.6 Å². The van der Waals surface area contributed by atoms with Crippen LogP contribution < -0.4 is 10.1 Å². The van der Waals surface area contributed by atoms with Gasteiger partial charge in [-0.3, -0.25) is 0 Å². The van der Waals surface area contributed by atoms with Gasteiger partial charge in [0.1, 0.15) is 5.75 Å². The molecule has 0 fully saturated rings. The van der Waals surface area contributed by atoms with Crippen molar-refractivity contribution in [3.8, 4) is 5.75 Å². The number of benzene rings is 2. The summed E-state index contributed by atoms with van der Waals surface area (Å²) in [6.45, 7) is 4.40. The highest BCUT2D eigenvalue weighted by Crippen LogP contribution is 2.27. The molecule has 106 valence electrons. The monoisotopic (exact) mass is 269 g/mol. The van der Waals surface area contributed by atoms with Crippen LogP contribution in [0.25, 0.3) is 0 Å². The minimum Gasteiger partial charge on any atom is -0.496 e. The Kier molecular flexibility index (Phi) is 4.67. The van der Waals surface area contributed by atoms with E-state index < -0.39 is 0 Å². The van der Waals surface area contributed by atoms with Crippen LogP contribution in [-0.4, -0.2) is 14.2 Å².